The Morgan fingerprint density at radius 2 is 1.44 bits per heavy atom. The molecule has 0 fully saturated rings. The normalized spacial score (nSPS) is 10.0. The Balaban J connectivity index is 3.07. The fourth-order valence-electron chi connectivity index (χ4n) is 1.27. The van der Waals surface area contributed by atoms with Crippen LogP contribution >= 0.6 is 0 Å². The molecule has 0 aliphatic rings. The maximum Gasteiger partial charge on any atom is 0.336 e. The molecule has 0 amide bonds. The molecule has 6 nitrogen and oxygen atoms in total. The molecule has 0 radical (unpaired) electrons. The van der Waals surface area contributed by atoms with E-state index in [4.69, 9.17) is 8.83 Å². The van der Waals surface area contributed by atoms with E-state index in [1.54, 1.807) is 0 Å². The van der Waals surface area contributed by atoms with Crippen LogP contribution in [0.25, 0.3) is 11.2 Å². The van der Waals surface area contributed by atoms with Gasteiger partial charge >= 0.3 is 11.3 Å². The molecular formula is C12H8O6. The molecule has 1 heterocycles. The molecule has 0 aliphatic carbocycles. The van der Waals surface area contributed by atoms with Crippen LogP contribution in [0.3, 0.4) is 0 Å². The molecule has 1 aromatic heterocycles. The predicted octanol–water partition coefficient (Wildman–Crippen LogP) is 1.28. The minimum Gasteiger partial charge on any atom is -0.504 e. The number of benzene rings is 1. The molecule has 0 bridgehead atoms. The highest BCUT2D eigenvalue weighted by Crippen LogP contribution is 2.31. The largest absolute Gasteiger partial charge is 0.504 e. The first-order chi connectivity index (χ1) is 8.58. The van der Waals surface area contributed by atoms with E-state index in [-0.39, 0.29) is 5.58 Å². The van der Waals surface area contributed by atoms with Crippen LogP contribution in [0, 0.1) is 0 Å². The molecule has 0 saturated carbocycles. The van der Waals surface area contributed by atoms with Crippen LogP contribution in [0.2, 0.25) is 0 Å². The summed E-state index contributed by atoms with van der Waals surface area (Å²) in [7, 11) is 0. The number of phenolic OH excluding ortho intramolecular Hbond substituents is 2. The SMILES string of the molecule is O=c1ccccc(=O)oc2c(O)c(O)ccc2o1. The Morgan fingerprint density at radius 3 is 2.11 bits per heavy atom. The van der Waals surface area contributed by atoms with Crippen molar-refractivity contribution in [2.75, 3.05) is 0 Å². The van der Waals surface area contributed by atoms with Crippen molar-refractivity contribution < 1.29 is 19.0 Å². The van der Waals surface area contributed by atoms with Crippen LogP contribution in [-0.2, 0) is 0 Å². The minimum atomic E-state index is -0.778. The lowest BCUT2D eigenvalue weighted by atomic mass is 10.3. The van der Waals surface area contributed by atoms with Crippen LogP contribution in [0.1, 0.15) is 0 Å². The van der Waals surface area contributed by atoms with Gasteiger partial charge in [-0.1, -0.05) is 12.1 Å². The summed E-state index contributed by atoms with van der Waals surface area (Å²) in [5, 5.41) is 18.9. The van der Waals surface area contributed by atoms with E-state index in [9.17, 15) is 19.8 Å². The van der Waals surface area contributed by atoms with Crippen molar-refractivity contribution >= 4 is 11.2 Å². The Labute approximate surface area is 99.7 Å². The number of fused-ring (bicyclic) bond motifs is 1. The van der Waals surface area contributed by atoms with Crippen molar-refractivity contribution in [1.29, 1.82) is 0 Å². The van der Waals surface area contributed by atoms with Gasteiger partial charge in [-0.2, -0.15) is 0 Å². The average Bonchev–Trinajstić information content (AvgIpc) is 2.34. The molecule has 0 unspecified atom stereocenters. The molecule has 2 aromatic rings. The summed E-state index contributed by atoms with van der Waals surface area (Å²) >= 11 is 0. The Kier molecular flexibility index (Phi) is 3.01. The van der Waals surface area contributed by atoms with Crippen molar-refractivity contribution in [3.63, 3.8) is 0 Å². The highest BCUT2D eigenvalue weighted by molar-refractivity contribution is 5.79. The fraction of sp³-hybridized carbons (Fsp3) is 0. The highest BCUT2D eigenvalue weighted by Gasteiger charge is 2.08. The fourth-order valence-corrected chi connectivity index (χ4v) is 1.27. The molecule has 92 valence electrons. The number of phenols is 2. The summed E-state index contributed by atoms with van der Waals surface area (Å²) < 4.78 is 9.63. The summed E-state index contributed by atoms with van der Waals surface area (Å²) in [6.45, 7) is 0. The molecule has 2 rings (SSSR count). The molecule has 0 spiro atoms. The van der Waals surface area contributed by atoms with Gasteiger partial charge in [0.2, 0.25) is 11.3 Å². The van der Waals surface area contributed by atoms with Crippen molar-refractivity contribution in [2.24, 2.45) is 0 Å². The van der Waals surface area contributed by atoms with Gasteiger partial charge in [-0.3, -0.25) is 0 Å². The van der Waals surface area contributed by atoms with Crippen molar-refractivity contribution in [2.45, 2.75) is 0 Å². The maximum absolute atomic E-state index is 11.3. The predicted molar refractivity (Wildman–Crippen MR) is 62.0 cm³/mol. The van der Waals surface area contributed by atoms with Crippen LogP contribution in [0.4, 0.5) is 0 Å². The lowest BCUT2D eigenvalue weighted by Gasteiger charge is -1.97. The van der Waals surface area contributed by atoms with E-state index >= 15 is 0 Å². The first-order valence-corrected chi connectivity index (χ1v) is 4.91. The summed E-state index contributed by atoms with van der Waals surface area (Å²) in [6, 6.07) is 7.07. The number of rotatable bonds is 0. The van der Waals surface area contributed by atoms with Crippen LogP contribution in [0.5, 0.6) is 11.5 Å². The first-order valence-electron chi connectivity index (χ1n) is 4.91. The second-order valence-corrected chi connectivity index (χ2v) is 3.32. The van der Waals surface area contributed by atoms with Gasteiger partial charge in [0.15, 0.2) is 11.3 Å². The third-order valence-corrected chi connectivity index (χ3v) is 2.06. The molecule has 1 aromatic carbocycles. The van der Waals surface area contributed by atoms with E-state index in [0.29, 0.717) is 0 Å². The summed E-state index contributed by atoms with van der Waals surface area (Å²) in [5.74, 6) is -1.17. The van der Waals surface area contributed by atoms with Crippen molar-refractivity contribution in [3.05, 3.63) is 57.2 Å². The zero-order valence-electron chi connectivity index (χ0n) is 8.99. The Hall–Kier alpha value is -2.76. The zero-order chi connectivity index (χ0) is 13.1. The third kappa shape index (κ3) is 2.32. The summed E-state index contributed by atoms with van der Waals surface area (Å²) in [5.41, 5.74) is -2.06. The van der Waals surface area contributed by atoms with Gasteiger partial charge in [0, 0.05) is 12.1 Å². The number of hydrogen-bond donors (Lipinski definition) is 2. The third-order valence-electron chi connectivity index (χ3n) is 2.06. The van der Waals surface area contributed by atoms with Gasteiger partial charge in [0.25, 0.3) is 0 Å². The van der Waals surface area contributed by atoms with Gasteiger partial charge in [-0.05, 0) is 12.1 Å². The zero-order valence-corrected chi connectivity index (χ0v) is 8.99. The van der Waals surface area contributed by atoms with Gasteiger partial charge in [-0.15, -0.1) is 0 Å². The standard InChI is InChI=1S/C12H8O6/c13-7-5-6-8-12(11(7)16)18-10(15)4-2-1-3-9(14)17-8/h1-6,13,16H. The Bertz CT molecular complexity index is 754. The molecule has 6 heteroatoms. The van der Waals surface area contributed by atoms with Gasteiger partial charge < -0.3 is 19.0 Å². The summed E-state index contributed by atoms with van der Waals surface area (Å²) in [6.07, 6.45) is 0. The van der Waals surface area contributed by atoms with Crippen LogP contribution in [-0.4, -0.2) is 10.2 Å². The second-order valence-electron chi connectivity index (χ2n) is 3.32. The van der Waals surface area contributed by atoms with Crippen molar-refractivity contribution in [1.82, 2.24) is 0 Å². The molecule has 0 aliphatic heterocycles. The molecule has 0 atom stereocenters. The highest BCUT2D eigenvalue weighted by atomic mass is 16.4. The van der Waals surface area contributed by atoms with Gasteiger partial charge in [-0.25, -0.2) is 9.59 Å². The number of aromatic hydroxyl groups is 2. The van der Waals surface area contributed by atoms with Gasteiger partial charge in [0.05, 0.1) is 0 Å². The molecule has 2 N–H and O–H groups in total. The lowest BCUT2D eigenvalue weighted by Crippen LogP contribution is -1.95. The van der Waals surface area contributed by atoms with Crippen LogP contribution < -0.4 is 11.3 Å². The smallest absolute Gasteiger partial charge is 0.336 e. The topological polar surface area (TPSA) is 101 Å². The maximum atomic E-state index is 11.3. The monoisotopic (exact) mass is 248 g/mol. The van der Waals surface area contributed by atoms with E-state index in [2.05, 4.69) is 0 Å². The van der Waals surface area contributed by atoms with Gasteiger partial charge in [0.1, 0.15) is 0 Å². The summed E-state index contributed by atoms with van der Waals surface area (Å²) in [4.78, 5) is 22.6. The van der Waals surface area contributed by atoms with Crippen molar-refractivity contribution in [3.8, 4) is 11.5 Å². The van der Waals surface area contributed by atoms with E-state index in [0.717, 1.165) is 18.2 Å². The van der Waals surface area contributed by atoms with Crippen LogP contribution in [0.15, 0.2) is 54.8 Å². The molecule has 0 saturated heterocycles. The van der Waals surface area contributed by atoms with E-state index < -0.39 is 28.3 Å². The quantitative estimate of drug-likeness (QED) is 0.681. The molecule has 18 heavy (non-hydrogen) atoms. The number of hydrogen-bond acceptors (Lipinski definition) is 6. The minimum absolute atomic E-state index is 0.163. The van der Waals surface area contributed by atoms with E-state index in [1.165, 1.54) is 18.2 Å². The van der Waals surface area contributed by atoms with E-state index in [1.807, 2.05) is 0 Å². The molecular weight excluding hydrogens is 240 g/mol. The lowest BCUT2D eigenvalue weighted by molar-refractivity contribution is 0.395. The average molecular weight is 248 g/mol. The second kappa shape index (κ2) is 4.62. The first kappa shape index (κ1) is 11.7. The Morgan fingerprint density at radius 1 is 0.833 bits per heavy atom.